The molecular formula is C8H18O5S. The van der Waals surface area contributed by atoms with Crippen LogP contribution in [0.2, 0.25) is 0 Å². The van der Waals surface area contributed by atoms with Crippen LogP contribution in [0.5, 0.6) is 0 Å². The van der Waals surface area contributed by atoms with Crippen molar-refractivity contribution >= 4 is 18.6 Å². The second-order valence-corrected chi connectivity index (χ2v) is 2.85. The van der Waals surface area contributed by atoms with Gasteiger partial charge in [-0.2, -0.15) is 12.6 Å². The number of hydrogen-bond acceptors (Lipinski definition) is 5. The third-order valence-electron chi connectivity index (χ3n) is 1.17. The standard InChI is InChI=1S/C4H10O3.C4H8O2S/c5-1-3-7-4-2-6;1-3(2-7)4(5)6/h5-6H,1-4H2;3,7H,2H2,1H3,(H,5,6). The molecule has 3 N–H and O–H groups in total. The van der Waals surface area contributed by atoms with Crippen molar-refractivity contribution in [3.05, 3.63) is 0 Å². The monoisotopic (exact) mass is 226 g/mol. The molecule has 0 rings (SSSR count). The van der Waals surface area contributed by atoms with Gasteiger partial charge in [0.2, 0.25) is 0 Å². The average molecular weight is 226 g/mol. The molecule has 1 atom stereocenters. The molecule has 5 nitrogen and oxygen atoms in total. The van der Waals surface area contributed by atoms with E-state index in [1.54, 1.807) is 6.92 Å². The summed E-state index contributed by atoms with van der Waals surface area (Å²) in [6.07, 6.45) is 0. The Kier molecular flexibility index (Phi) is 14.6. The predicted octanol–water partition coefficient (Wildman–Crippen LogP) is -0.376. The fraction of sp³-hybridized carbons (Fsp3) is 0.875. The van der Waals surface area contributed by atoms with Gasteiger partial charge in [0.15, 0.2) is 0 Å². The maximum atomic E-state index is 9.88. The van der Waals surface area contributed by atoms with E-state index in [4.69, 9.17) is 15.3 Å². The van der Waals surface area contributed by atoms with Crippen molar-refractivity contribution in [1.29, 1.82) is 0 Å². The van der Waals surface area contributed by atoms with Gasteiger partial charge in [0.25, 0.3) is 0 Å². The van der Waals surface area contributed by atoms with E-state index < -0.39 is 5.97 Å². The molecule has 0 aliphatic rings. The second-order valence-electron chi connectivity index (χ2n) is 2.48. The summed E-state index contributed by atoms with van der Waals surface area (Å²) in [5.41, 5.74) is 0. The van der Waals surface area contributed by atoms with Gasteiger partial charge in [0.05, 0.1) is 32.3 Å². The first-order chi connectivity index (χ1) is 6.59. The van der Waals surface area contributed by atoms with Gasteiger partial charge in [-0.05, 0) is 0 Å². The van der Waals surface area contributed by atoms with E-state index in [9.17, 15) is 4.79 Å². The van der Waals surface area contributed by atoms with Crippen molar-refractivity contribution in [3.8, 4) is 0 Å². The number of carboxylic acids is 1. The molecule has 0 spiro atoms. The van der Waals surface area contributed by atoms with Crippen molar-refractivity contribution in [3.63, 3.8) is 0 Å². The van der Waals surface area contributed by atoms with Crippen molar-refractivity contribution in [2.24, 2.45) is 5.92 Å². The number of thiol groups is 1. The first-order valence-corrected chi connectivity index (χ1v) is 4.86. The minimum absolute atomic E-state index is 0.0278. The van der Waals surface area contributed by atoms with Crippen LogP contribution in [0.15, 0.2) is 0 Å². The molecule has 0 aromatic rings. The summed E-state index contributed by atoms with van der Waals surface area (Å²) in [5.74, 6) is -0.687. The molecule has 0 saturated heterocycles. The summed E-state index contributed by atoms with van der Waals surface area (Å²) < 4.78 is 4.63. The minimum atomic E-state index is -0.782. The van der Waals surface area contributed by atoms with E-state index in [-0.39, 0.29) is 19.1 Å². The van der Waals surface area contributed by atoms with Crippen LogP contribution in [0.4, 0.5) is 0 Å². The van der Waals surface area contributed by atoms with Crippen LogP contribution in [0.25, 0.3) is 0 Å². The van der Waals surface area contributed by atoms with Crippen molar-refractivity contribution < 1.29 is 24.9 Å². The lowest BCUT2D eigenvalue weighted by atomic mass is 10.2. The molecule has 0 heterocycles. The molecule has 0 aliphatic heterocycles. The lowest BCUT2D eigenvalue weighted by Crippen LogP contribution is -2.09. The van der Waals surface area contributed by atoms with Gasteiger partial charge in [-0.25, -0.2) is 0 Å². The Labute approximate surface area is 89.1 Å². The molecule has 0 fully saturated rings. The molecule has 0 aliphatic carbocycles. The summed E-state index contributed by atoms with van der Waals surface area (Å²) in [6, 6.07) is 0. The van der Waals surface area contributed by atoms with Gasteiger partial charge in [-0.3, -0.25) is 4.79 Å². The largest absolute Gasteiger partial charge is 0.481 e. The van der Waals surface area contributed by atoms with E-state index >= 15 is 0 Å². The van der Waals surface area contributed by atoms with Gasteiger partial charge in [0, 0.05) is 5.75 Å². The number of hydrogen-bond donors (Lipinski definition) is 4. The highest BCUT2D eigenvalue weighted by atomic mass is 32.1. The minimum Gasteiger partial charge on any atom is -0.481 e. The van der Waals surface area contributed by atoms with Crippen LogP contribution in [-0.4, -0.2) is 53.5 Å². The average Bonchev–Trinajstić information content (AvgIpc) is 2.18. The smallest absolute Gasteiger partial charge is 0.307 e. The first kappa shape index (κ1) is 16.1. The first-order valence-electron chi connectivity index (χ1n) is 4.23. The Morgan fingerprint density at radius 2 is 1.79 bits per heavy atom. The van der Waals surface area contributed by atoms with Crippen LogP contribution < -0.4 is 0 Å². The molecule has 0 radical (unpaired) electrons. The Hall–Kier alpha value is -0.300. The fourth-order valence-electron chi connectivity index (χ4n) is 0.309. The van der Waals surface area contributed by atoms with E-state index in [2.05, 4.69) is 17.4 Å². The van der Waals surface area contributed by atoms with E-state index in [1.165, 1.54) is 0 Å². The van der Waals surface area contributed by atoms with Gasteiger partial charge in [-0.1, -0.05) is 6.92 Å². The number of aliphatic carboxylic acids is 1. The summed E-state index contributed by atoms with van der Waals surface area (Å²) in [5, 5.41) is 24.3. The molecule has 0 aromatic heterocycles. The highest BCUT2D eigenvalue weighted by molar-refractivity contribution is 7.80. The van der Waals surface area contributed by atoms with Gasteiger partial charge >= 0.3 is 5.97 Å². The van der Waals surface area contributed by atoms with E-state index in [0.717, 1.165) is 0 Å². The summed E-state index contributed by atoms with van der Waals surface area (Å²) >= 11 is 3.77. The Morgan fingerprint density at radius 3 is 1.93 bits per heavy atom. The highest BCUT2D eigenvalue weighted by Gasteiger charge is 2.05. The molecule has 0 amide bonds. The Morgan fingerprint density at radius 1 is 1.36 bits per heavy atom. The number of carboxylic acid groups (broad SMARTS) is 1. The summed E-state index contributed by atoms with van der Waals surface area (Å²) in [4.78, 5) is 9.88. The summed E-state index contributed by atoms with van der Waals surface area (Å²) in [7, 11) is 0. The molecular weight excluding hydrogens is 208 g/mol. The SMILES string of the molecule is CC(CS)C(=O)O.OCCOCCO. The predicted molar refractivity (Wildman–Crippen MR) is 55.6 cm³/mol. The summed E-state index contributed by atoms with van der Waals surface area (Å²) in [6.45, 7) is 2.32. The highest BCUT2D eigenvalue weighted by Crippen LogP contribution is 1.94. The number of carbonyl (C=O) groups is 1. The quantitative estimate of drug-likeness (QED) is 0.366. The Balaban J connectivity index is 0. The molecule has 1 unspecified atom stereocenters. The third-order valence-corrected chi connectivity index (χ3v) is 1.71. The zero-order valence-corrected chi connectivity index (χ0v) is 9.11. The second kappa shape index (κ2) is 12.7. The maximum Gasteiger partial charge on any atom is 0.307 e. The molecule has 86 valence electrons. The normalized spacial score (nSPS) is 11.4. The van der Waals surface area contributed by atoms with Gasteiger partial charge < -0.3 is 20.1 Å². The zero-order chi connectivity index (χ0) is 11.4. The van der Waals surface area contributed by atoms with Crippen molar-refractivity contribution in [2.75, 3.05) is 32.2 Å². The van der Waals surface area contributed by atoms with Gasteiger partial charge in [-0.15, -0.1) is 0 Å². The number of aliphatic hydroxyl groups is 2. The van der Waals surface area contributed by atoms with Crippen molar-refractivity contribution in [2.45, 2.75) is 6.92 Å². The van der Waals surface area contributed by atoms with Crippen LogP contribution in [0.3, 0.4) is 0 Å². The number of ether oxygens (including phenoxy) is 1. The van der Waals surface area contributed by atoms with Crippen LogP contribution >= 0.6 is 12.6 Å². The molecule has 0 saturated carbocycles. The van der Waals surface area contributed by atoms with Crippen LogP contribution in [0, 0.1) is 5.92 Å². The lowest BCUT2D eigenvalue weighted by molar-refractivity contribution is -0.140. The lowest BCUT2D eigenvalue weighted by Gasteiger charge is -1.95. The maximum absolute atomic E-state index is 9.88. The molecule has 0 bridgehead atoms. The van der Waals surface area contributed by atoms with Crippen LogP contribution in [0.1, 0.15) is 6.92 Å². The molecule has 6 heteroatoms. The molecule has 0 aromatic carbocycles. The van der Waals surface area contributed by atoms with E-state index in [1.807, 2.05) is 0 Å². The van der Waals surface area contributed by atoms with Crippen LogP contribution in [-0.2, 0) is 9.53 Å². The van der Waals surface area contributed by atoms with Gasteiger partial charge in [0.1, 0.15) is 0 Å². The number of rotatable bonds is 6. The van der Waals surface area contributed by atoms with E-state index in [0.29, 0.717) is 19.0 Å². The Bertz CT molecular complexity index is 127. The fourth-order valence-corrected chi connectivity index (χ4v) is 0.465. The molecule has 14 heavy (non-hydrogen) atoms. The topological polar surface area (TPSA) is 87.0 Å². The zero-order valence-electron chi connectivity index (χ0n) is 8.22. The number of aliphatic hydroxyl groups excluding tert-OH is 2. The third kappa shape index (κ3) is 14.2. The van der Waals surface area contributed by atoms with Crippen molar-refractivity contribution in [1.82, 2.24) is 0 Å².